The molecule has 1 heterocycles. The molecular formula is C19H15BrO2S2. The molecule has 0 radical (unpaired) electrons. The second-order valence-corrected chi connectivity index (χ2v) is 9.42. The van der Waals surface area contributed by atoms with Gasteiger partial charge in [-0.3, -0.25) is 4.79 Å². The van der Waals surface area contributed by atoms with Crippen LogP contribution in [-0.2, 0) is 4.79 Å². The van der Waals surface area contributed by atoms with Crippen molar-refractivity contribution < 1.29 is 9.90 Å². The number of aliphatic carboxylic acids is 1. The maximum atomic E-state index is 11.2. The number of hydrogen-bond acceptors (Lipinski definition) is 3. The molecule has 0 amide bonds. The van der Waals surface area contributed by atoms with Crippen LogP contribution in [0.15, 0.2) is 57.2 Å². The van der Waals surface area contributed by atoms with E-state index in [2.05, 4.69) is 64.5 Å². The summed E-state index contributed by atoms with van der Waals surface area (Å²) >= 11 is 7.09. The smallest absolute Gasteiger partial charge is 0.307 e. The van der Waals surface area contributed by atoms with Gasteiger partial charge in [-0.25, -0.2) is 0 Å². The Morgan fingerprint density at radius 1 is 1.08 bits per heavy atom. The molecule has 1 aromatic heterocycles. The van der Waals surface area contributed by atoms with E-state index in [1.807, 2.05) is 0 Å². The van der Waals surface area contributed by atoms with Crippen LogP contribution in [0.2, 0.25) is 0 Å². The molecule has 2 nitrogen and oxygen atoms in total. The molecule has 1 fully saturated rings. The number of hydrogen-bond donors (Lipinski definition) is 1. The molecule has 0 bridgehead atoms. The van der Waals surface area contributed by atoms with Gasteiger partial charge in [0.25, 0.3) is 0 Å². The summed E-state index contributed by atoms with van der Waals surface area (Å²) in [4.78, 5) is 12.4. The third-order valence-electron chi connectivity index (χ3n) is 4.51. The monoisotopic (exact) mass is 418 g/mol. The highest BCUT2D eigenvalue weighted by Gasteiger charge is 2.37. The molecule has 2 aromatic carbocycles. The van der Waals surface area contributed by atoms with Crippen molar-refractivity contribution in [2.45, 2.75) is 22.3 Å². The first-order chi connectivity index (χ1) is 11.6. The Balaban J connectivity index is 1.64. The van der Waals surface area contributed by atoms with Gasteiger partial charge < -0.3 is 5.11 Å². The highest BCUT2D eigenvalue weighted by Crippen LogP contribution is 2.45. The van der Waals surface area contributed by atoms with Gasteiger partial charge in [-0.2, -0.15) is 0 Å². The van der Waals surface area contributed by atoms with E-state index >= 15 is 0 Å². The van der Waals surface area contributed by atoms with E-state index in [1.165, 1.54) is 25.4 Å². The molecule has 0 saturated heterocycles. The molecule has 122 valence electrons. The Bertz CT molecular complexity index is 919. The minimum atomic E-state index is -0.658. The van der Waals surface area contributed by atoms with Gasteiger partial charge in [0.15, 0.2) is 0 Å². The van der Waals surface area contributed by atoms with Crippen molar-refractivity contribution >= 4 is 55.8 Å². The van der Waals surface area contributed by atoms with Crippen LogP contribution in [0.1, 0.15) is 12.8 Å². The molecule has 0 spiro atoms. The average molecular weight is 419 g/mol. The predicted molar refractivity (Wildman–Crippen MR) is 105 cm³/mol. The van der Waals surface area contributed by atoms with Crippen molar-refractivity contribution in [3.05, 3.63) is 53.0 Å². The number of rotatable bonds is 4. The number of thioether (sulfide) groups is 1. The number of thiophene rings is 1. The van der Waals surface area contributed by atoms with Crippen LogP contribution in [0, 0.1) is 5.92 Å². The van der Waals surface area contributed by atoms with Gasteiger partial charge in [0.05, 0.1) is 10.1 Å². The van der Waals surface area contributed by atoms with E-state index in [4.69, 9.17) is 0 Å². The van der Waals surface area contributed by atoms with E-state index in [9.17, 15) is 9.90 Å². The number of halogens is 1. The lowest BCUT2D eigenvalue weighted by Gasteiger charge is -2.32. The van der Waals surface area contributed by atoms with E-state index < -0.39 is 5.97 Å². The Morgan fingerprint density at radius 2 is 1.88 bits per heavy atom. The second-order valence-electron chi connectivity index (χ2n) is 5.94. The van der Waals surface area contributed by atoms with Gasteiger partial charge in [0.1, 0.15) is 0 Å². The maximum Gasteiger partial charge on any atom is 0.307 e. The lowest BCUT2D eigenvalue weighted by Crippen LogP contribution is -2.34. The molecule has 5 heteroatoms. The molecule has 24 heavy (non-hydrogen) atoms. The third-order valence-corrected chi connectivity index (χ3v) is 7.89. The molecule has 1 N–H and O–H groups in total. The Hall–Kier alpha value is -1.30. The second kappa shape index (κ2) is 6.54. The van der Waals surface area contributed by atoms with E-state index in [-0.39, 0.29) is 11.2 Å². The van der Waals surface area contributed by atoms with Crippen molar-refractivity contribution in [2.24, 2.45) is 5.92 Å². The maximum absolute atomic E-state index is 11.2. The molecule has 0 aliphatic heterocycles. The zero-order valence-corrected chi connectivity index (χ0v) is 16.0. The van der Waals surface area contributed by atoms with E-state index in [0.717, 1.165) is 17.3 Å². The fourth-order valence-electron chi connectivity index (χ4n) is 3.05. The fraction of sp³-hybridized carbons (Fsp3) is 0.211. The van der Waals surface area contributed by atoms with E-state index in [0.29, 0.717) is 0 Å². The van der Waals surface area contributed by atoms with Crippen molar-refractivity contribution in [2.75, 3.05) is 0 Å². The van der Waals surface area contributed by atoms with Crippen LogP contribution in [0.25, 0.3) is 21.2 Å². The molecule has 2 atom stereocenters. The lowest BCUT2D eigenvalue weighted by molar-refractivity contribution is -0.144. The summed E-state index contributed by atoms with van der Waals surface area (Å²) in [7, 11) is 0. The van der Waals surface area contributed by atoms with Crippen LogP contribution in [0.3, 0.4) is 0 Å². The van der Waals surface area contributed by atoms with Gasteiger partial charge in [-0.05, 0) is 47.4 Å². The number of carboxylic acids is 1. The number of carboxylic acid groups (broad SMARTS) is 1. The van der Waals surface area contributed by atoms with Gasteiger partial charge in [0.2, 0.25) is 0 Å². The third kappa shape index (κ3) is 2.89. The molecular weight excluding hydrogens is 404 g/mol. The lowest BCUT2D eigenvalue weighted by atomic mass is 9.85. The first-order valence-electron chi connectivity index (χ1n) is 7.80. The van der Waals surface area contributed by atoms with Crippen molar-refractivity contribution in [3.63, 3.8) is 0 Å². The minimum Gasteiger partial charge on any atom is -0.481 e. The van der Waals surface area contributed by atoms with Crippen molar-refractivity contribution in [1.29, 1.82) is 0 Å². The zero-order valence-electron chi connectivity index (χ0n) is 12.7. The number of benzene rings is 2. The topological polar surface area (TPSA) is 37.3 Å². The summed E-state index contributed by atoms with van der Waals surface area (Å²) < 4.78 is 2.31. The molecule has 1 saturated carbocycles. The van der Waals surface area contributed by atoms with E-state index in [1.54, 1.807) is 23.1 Å². The van der Waals surface area contributed by atoms with Gasteiger partial charge in [-0.15, -0.1) is 23.1 Å². The SMILES string of the molecule is O=C(O)C1CCC1Sc1ccc(-c2ccc(Br)c3ccccc23)s1. The van der Waals surface area contributed by atoms with Gasteiger partial charge in [-0.1, -0.05) is 46.3 Å². The fourth-order valence-corrected chi connectivity index (χ4v) is 6.25. The van der Waals surface area contributed by atoms with Crippen LogP contribution >= 0.6 is 39.0 Å². The van der Waals surface area contributed by atoms with Crippen molar-refractivity contribution in [3.8, 4) is 10.4 Å². The summed E-state index contributed by atoms with van der Waals surface area (Å²) in [5.74, 6) is -0.844. The Kier molecular flexibility index (Phi) is 4.41. The van der Waals surface area contributed by atoms with Gasteiger partial charge in [0, 0.05) is 14.6 Å². The van der Waals surface area contributed by atoms with Gasteiger partial charge >= 0.3 is 5.97 Å². The Labute approximate surface area is 157 Å². The summed E-state index contributed by atoms with van der Waals surface area (Å²) in [5, 5.41) is 11.9. The molecule has 1 aliphatic rings. The summed E-state index contributed by atoms with van der Waals surface area (Å²) in [6.45, 7) is 0. The van der Waals surface area contributed by atoms with Crippen LogP contribution in [0.4, 0.5) is 0 Å². The Morgan fingerprint density at radius 3 is 2.58 bits per heavy atom. The first-order valence-corrected chi connectivity index (χ1v) is 10.3. The standard InChI is InChI=1S/C19H15BrO2S2/c20-15-7-5-13(11-3-1-2-4-12(11)15)16-9-10-18(23-16)24-17-8-6-14(17)19(21)22/h1-5,7,9-10,14,17H,6,8H2,(H,21,22). The molecule has 3 aromatic rings. The van der Waals surface area contributed by atoms with Crippen LogP contribution in [0.5, 0.6) is 0 Å². The quantitative estimate of drug-likeness (QED) is 0.540. The number of fused-ring (bicyclic) bond motifs is 1. The average Bonchev–Trinajstić information content (AvgIpc) is 3.00. The normalized spacial score (nSPS) is 20.0. The summed E-state index contributed by atoms with van der Waals surface area (Å²) in [6.07, 6.45) is 1.80. The van der Waals surface area contributed by atoms with Crippen LogP contribution in [-0.4, -0.2) is 16.3 Å². The highest BCUT2D eigenvalue weighted by atomic mass is 79.9. The predicted octanol–water partition coefficient (Wildman–Crippen LogP) is 6.29. The highest BCUT2D eigenvalue weighted by molar-refractivity contribution is 9.10. The summed E-state index contributed by atoms with van der Waals surface area (Å²) in [6, 6.07) is 16.9. The first kappa shape index (κ1) is 16.2. The number of carbonyl (C=O) groups is 1. The van der Waals surface area contributed by atoms with Crippen LogP contribution < -0.4 is 0 Å². The van der Waals surface area contributed by atoms with Crippen molar-refractivity contribution in [1.82, 2.24) is 0 Å². The largest absolute Gasteiger partial charge is 0.481 e. The zero-order chi connectivity index (χ0) is 16.7. The molecule has 4 rings (SSSR count). The molecule has 1 aliphatic carbocycles. The molecule has 2 unspecified atom stereocenters. The summed E-state index contributed by atoms with van der Waals surface area (Å²) in [5.41, 5.74) is 1.23. The minimum absolute atomic E-state index is 0.186.